The van der Waals surface area contributed by atoms with E-state index in [9.17, 15) is 13.2 Å². The van der Waals surface area contributed by atoms with E-state index in [1.165, 1.54) is 17.0 Å². The minimum absolute atomic E-state index is 0.00860. The Morgan fingerprint density at radius 2 is 1.80 bits per heavy atom. The molecule has 0 spiro atoms. The number of nitrogens with one attached hydrogen (secondary N) is 1. The summed E-state index contributed by atoms with van der Waals surface area (Å²) in [5.41, 5.74) is 1.22. The molecule has 0 saturated carbocycles. The van der Waals surface area contributed by atoms with Crippen LogP contribution < -0.4 is 4.90 Å². The minimum Gasteiger partial charge on any atom is -0.318 e. The van der Waals surface area contributed by atoms with Crippen LogP contribution in [0.5, 0.6) is 0 Å². The lowest BCUT2D eigenvalue weighted by molar-refractivity contribution is 0.581. The predicted molar refractivity (Wildman–Crippen MR) is 73.5 cm³/mol. The van der Waals surface area contributed by atoms with Gasteiger partial charge in [0, 0.05) is 16.1 Å². The SMILES string of the molecule is N=C1c2cc(F)ccc2CN1c1c(F)cc(F)cc1Br. The number of anilines is 1. The van der Waals surface area contributed by atoms with Gasteiger partial charge in [-0.2, -0.15) is 0 Å². The van der Waals surface area contributed by atoms with Crippen molar-refractivity contribution in [3.8, 4) is 0 Å². The lowest BCUT2D eigenvalue weighted by atomic mass is 10.1. The standard InChI is InChI=1S/C14H8BrF3N2/c15-11-4-9(17)5-12(18)13(11)20-6-7-1-2-8(16)3-10(7)14(20)19/h1-5,19H,6H2. The van der Waals surface area contributed by atoms with Crippen molar-refractivity contribution in [1.29, 1.82) is 5.41 Å². The highest BCUT2D eigenvalue weighted by molar-refractivity contribution is 9.10. The van der Waals surface area contributed by atoms with E-state index in [1.54, 1.807) is 6.07 Å². The molecule has 1 aliphatic rings. The first kappa shape index (κ1) is 13.2. The molecule has 102 valence electrons. The van der Waals surface area contributed by atoms with Gasteiger partial charge in [0.1, 0.15) is 17.5 Å². The predicted octanol–water partition coefficient (Wildman–Crippen LogP) is 4.21. The first-order chi connectivity index (χ1) is 9.47. The number of rotatable bonds is 1. The molecule has 2 aromatic rings. The molecule has 0 saturated heterocycles. The molecule has 1 heterocycles. The Hall–Kier alpha value is -1.82. The average molecular weight is 341 g/mol. The van der Waals surface area contributed by atoms with Gasteiger partial charge in [0.2, 0.25) is 0 Å². The van der Waals surface area contributed by atoms with Crippen molar-refractivity contribution < 1.29 is 13.2 Å². The molecular weight excluding hydrogens is 333 g/mol. The van der Waals surface area contributed by atoms with Gasteiger partial charge in [0.05, 0.1) is 12.2 Å². The second-order valence-electron chi connectivity index (χ2n) is 4.45. The van der Waals surface area contributed by atoms with Gasteiger partial charge in [-0.05, 0) is 39.7 Å². The molecule has 0 atom stereocenters. The first-order valence-corrected chi connectivity index (χ1v) is 6.56. The summed E-state index contributed by atoms with van der Waals surface area (Å²) in [5.74, 6) is -1.93. The highest BCUT2D eigenvalue weighted by atomic mass is 79.9. The van der Waals surface area contributed by atoms with Gasteiger partial charge in [0.25, 0.3) is 0 Å². The van der Waals surface area contributed by atoms with Crippen LogP contribution in [0.25, 0.3) is 0 Å². The summed E-state index contributed by atoms with van der Waals surface area (Å²) in [4.78, 5) is 1.38. The fourth-order valence-corrected chi connectivity index (χ4v) is 2.91. The van der Waals surface area contributed by atoms with Crippen LogP contribution in [0.4, 0.5) is 18.9 Å². The zero-order valence-electron chi connectivity index (χ0n) is 10.1. The van der Waals surface area contributed by atoms with Crippen molar-refractivity contribution in [3.05, 3.63) is 63.4 Å². The molecule has 0 fully saturated rings. The van der Waals surface area contributed by atoms with Gasteiger partial charge in [0.15, 0.2) is 5.82 Å². The summed E-state index contributed by atoms with van der Waals surface area (Å²) in [6.07, 6.45) is 0. The number of hydrogen-bond donors (Lipinski definition) is 1. The van der Waals surface area contributed by atoms with Crippen LogP contribution in [-0.4, -0.2) is 5.84 Å². The van der Waals surface area contributed by atoms with Crippen molar-refractivity contribution in [2.24, 2.45) is 0 Å². The van der Waals surface area contributed by atoms with Crippen LogP contribution in [0.3, 0.4) is 0 Å². The molecule has 3 rings (SSSR count). The lowest BCUT2D eigenvalue weighted by Gasteiger charge is -2.20. The monoisotopic (exact) mass is 340 g/mol. The lowest BCUT2D eigenvalue weighted by Crippen LogP contribution is -2.24. The molecule has 0 radical (unpaired) electrons. The molecule has 0 aliphatic carbocycles. The molecule has 2 nitrogen and oxygen atoms in total. The summed E-state index contributed by atoms with van der Waals surface area (Å²) in [6, 6.07) is 6.00. The van der Waals surface area contributed by atoms with Crippen LogP contribution in [0.2, 0.25) is 0 Å². The van der Waals surface area contributed by atoms with Crippen molar-refractivity contribution in [2.75, 3.05) is 4.90 Å². The Morgan fingerprint density at radius 3 is 2.50 bits per heavy atom. The Balaban J connectivity index is 2.09. The van der Waals surface area contributed by atoms with Gasteiger partial charge in [-0.1, -0.05) is 6.07 Å². The van der Waals surface area contributed by atoms with Crippen molar-refractivity contribution >= 4 is 27.5 Å². The van der Waals surface area contributed by atoms with Gasteiger partial charge in [-0.15, -0.1) is 0 Å². The summed E-state index contributed by atoms with van der Waals surface area (Å²) in [6.45, 7) is 0.246. The number of halogens is 4. The molecule has 2 aromatic carbocycles. The number of hydrogen-bond acceptors (Lipinski definition) is 1. The fourth-order valence-electron chi connectivity index (χ4n) is 2.29. The summed E-state index contributed by atoms with van der Waals surface area (Å²) in [7, 11) is 0. The van der Waals surface area contributed by atoms with E-state index in [0.717, 1.165) is 17.7 Å². The maximum absolute atomic E-state index is 14.0. The number of amidine groups is 1. The smallest absolute Gasteiger partial charge is 0.150 e. The van der Waals surface area contributed by atoms with E-state index in [4.69, 9.17) is 5.41 Å². The molecule has 6 heteroatoms. The minimum atomic E-state index is -0.769. The largest absolute Gasteiger partial charge is 0.318 e. The Morgan fingerprint density at radius 1 is 1.05 bits per heavy atom. The van der Waals surface area contributed by atoms with E-state index in [0.29, 0.717) is 5.56 Å². The first-order valence-electron chi connectivity index (χ1n) is 5.77. The molecule has 1 aliphatic heterocycles. The summed E-state index contributed by atoms with van der Waals surface area (Å²) >= 11 is 3.10. The quantitative estimate of drug-likeness (QED) is 0.827. The highest BCUT2D eigenvalue weighted by Crippen LogP contribution is 2.36. The fraction of sp³-hybridized carbons (Fsp3) is 0.0714. The van der Waals surface area contributed by atoms with Crippen LogP contribution in [0, 0.1) is 22.9 Å². The Labute approximate surface area is 121 Å². The normalized spacial score (nSPS) is 13.8. The maximum Gasteiger partial charge on any atom is 0.150 e. The van der Waals surface area contributed by atoms with E-state index in [1.807, 2.05) is 0 Å². The Kier molecular flexibility index (Phi) is 3.05. The number of benzene rings is 2. The molecule has 0 unspecified atom stereocenters. The molecule has 1 N–H and O–H groups in total. The van der Waals surface area contributed by atoms with Gasteiger partial charge >= 0.3 is 0 Å². The third-order valence-corrected chi connectivity index (χ3v) is 3.78. The van der Waals surface area contributed by atoms with Crippen molar-refractivity contribution in [2.45, 2.75) is 6.54 Å². The number of fused-ring (bicyclic) bond motifs is 1. The van der Waals surface area contributed by atoms with Crippen LogP contribution in [0.1, 0.15) is 11.1 Å². The zero-order chi connectivity index (χ0) is 14.4. The molecule has 20 heavy (non-hydrogen) atoms. The molecule has 0 aromatic heterocycles. The van der Waals surface area contributed by atoms with Crippen LogP contribution >= 0.6 is 15.9 Å². The third kappa shape index (κ3) is 2.00. The van der Waals surface area contributed by atoms with Gasteiger partial charge in [-0.25, -0.2) is 13.2 Å². The summed E-state index contributed by atoms with van der Waals surface area (Å²) in [5, 5.41) is 8.05. The maximum atomic E-state index is 14.0. The molecule has 0 bridgehead atoms. The second-order valence-corrected chi connectivity index (χ2v) is 5.31. The van der Waals surface area contributed by atoms with Gasteiger partial charge in [-0.3, -0.25) is 5.41 Å². The summed E-state index contributed by atoms with van der Waals surface area (Å²) < 4.78 is 40.5. The average Bonchev–Trinajstić information content (AvgIpc) is 2.66. The van der Waals surface area contributed by atoms with Crippen LogP contribution in [-0.2, 0) is 6.54 Å². The molecular formula is C14H8BrF3N2. The van der Waals surface area contributed by atoms with Crippen LogP contribution in [0.15, 0.2) is 34.8 Å². The van der Waals surface area contributed by atoms with E-state index in [2.05, 4.69) is 15.9 Å². The molecule has 0 amide bonds. The van der Waals surface area contributed by atoms with Crippen molar-refractivity contribution in [3.63, 3.8) is 0 Å². The van der Waals surface area contributed by atoms with E-state index in [-0.39, 0.29) is 22.5 Å². The van der Waals surface area contributed by atoms with E-state index < -0.39 is 17.5 Å². The highest BCUT2D eigenvalue weighted by Gasteiger charge is 2.29. The van der Waals surface area contributed by atoms with Gasteiger partial charge < -0.3 is 4.90 Å². The van der Waals surface area contributed by atoms with Crippen molar-refractivity contribution in [1.82, 2.24) is 0 Å². The zero-order valence-corrected chi connectivity index (χ0v) is 11.6. The topological polar surface area (TPSA) is 27.1 Å². The second kappa shape index (κ2) is 4.63. The Bertz CT molecular complexity index is 707. The van der Waals surface area contributed by atoms with E-state index >= 15 is 0 Å². The number of nitrogens with zero attached hydrogens (tertiary/aromatic N) is 1. The third-order valence-electron chi connectivity index (χ3n) is 3.18.